The Morgan fingerprint density at radius 1 is 1.10 bits per heavy atom. The van der Waals surface area contributed by atoms with Gasteiger partial charge in [-0.2, -0.15) is 0 Å². The number of anilines is 1. The molecule has 1 rings (SSSR count). The molecule has 1 aromatic carbocycles. The van der Waals surface area contributed by atoms with E-state index in [1.165, 1.54) is 23.2 Å². The zero-order chi connectivity index (χ0) is 15.0. The minimum absolute atomic E-state index is 0.963. The van der Waals surface area contributed by atoms with Crippen molar-refractivity contribution >= 4 is 5.69 Å². The summed E-state index contributed by atoms with van der Waals surface area (Å²) in [5.74, 6) is 0. The molecule has 0 heterocycles. The van der Waals surface area contributed by atoms with Gasteiger partial charge in [0.2, 0.25) is 0 Å². The largest absolute Gasteiger partial charge is 0.372 e. The zero-order valence-electron chi connectivity index (χ0n) is 13.9. The highest BCUT2D eigenvalue weighted by Gasteiger charge is 2.08. The van der Waals surface area contributed by atoms with Crippen molar-refractivity contribution in [1.82, 2.24) is 10.2 Å². The molecule has 1 aromatic rings. The molecule has 0 aliphatic heterocycles. The molecule has 0 saturated carbocycles. The SMILES string of the molecule is CCNCc1ccc(N(CC)CCCN(C)C)c(C)c1. The molecule has 0 aromatic heterocycles. The third-order valence-corrected chi connectivity index (χ3v) is 3.60. The Labute approximate surface area is 125 Å². The third-order valence-electron chi connectivity index (χ3n) is 3.60. The Kier molecular flexibility index (Phi) is 7.63. The van der Waals surface area contributed by atoms with Crippen LogP contribution in [0.2, 0.25) is 0 Å². The summed E-state index contributed by atoms with van der Waals surface area (Å²) in [7, 11) is 4.27. The van der Waals surface area contributed by atoms with Crippen molar-refractivity contribution in [2.75, 3.05) is 45.2 Å². The van der Waals surface area contributed by atoms with E-state index in [1.807, 2.05) is 0 Å². The minimum Gasteiger partial charge on any atom is -0.372 e. The molecule has 0 bridgehead atoms. The van der Waals surface area contributed by atoms with E-state index in [0.29, 0.717) is 0 Å². The lowest BCUT2D eigenvalue weighted by atomic mass is 10.1. The van der Waals surface area contributed by atoms with Crippen LogP contribution in [0, 0.1) is 6.92 Å². The highest BCUT2D eigenvalue weighted by molar-refractivity contribution is 5.54. The monoisotopic (exact) mass is 277 g/mol. The predicted octanol–water partition coefficient (Wildman–Crippen LogP) is 2.88. The summed E-state index contributed by atoms with van der Waals surface area (Å²) in [5.41, 5.74) is 4.14. The van der Waals surface area contributed by atoms with E-state index < -0.39 is 0 Å². The van der Waals surface area contributed by atoms with Gasteiger partial charge in [0, 0.05) is 25.3 Å². The summed E-state index contributed by atoms with van der Waals surface area (Å²) in [4.78, 5) is 4.73. The van der Waals surface area contributed by atoms with Crippen molar-refractivity contribution in [3.05, 3.63) is 29.3 Å². The molecule has 1 N–H and O–H groups in total. The van der Waals surface area contributed by atoms with Gasteiger partial charge in [0.25, 0.3) is 0 Å². The molecule has 0 fully saturated rings. The fourth-order valence-corrected chi connectivity index (χ4v) is 2.48. The molecular weight excluding hydrogens is 246 g/mol. The first kappa shape index (κ1) is 17.0. The topological polar surface area (TPSA) is 18.5 Å². The molecule has 0 aliphatic rings. The first-order valence-corrected chi connectivity index (χ1v) is 7.78. The first-order chi connectivity index (χ1) is 9.58. The van der Waals surface area contributed by atoms with E-state index in [4.69, 9.17) is 0 Å². The van der Waals surface area contributed by atoms with Gasteiger partial charge in [0.05, 0.1) is 0 Å². The highest BCUT2D eigenvalue weighted by Crippen LogP contribution is 2.21. The second kappa shape index (κ2) is 8.98. The second-order valence-electron chi connectivity index (χ2n) is 5.64. The molecule has 3 heteroatoms. The summed E-state index contributed by atoms with van der Waals surface area (Å²) < 4.78 is 0. The Morgan fingerprint density at radius 2 is 1.85 bits per heavy atom. The van der Waals surface area contributed by atoms with Crippen LogP contribution in [0.15, 0.2) is 18.2 Å². The van der Waals surface area contributed by atoms with Crippen LogP contribution in [-0.2, 0) is 6.54 Å². The Hall–Kier alpha value is -1.06. The van der Waals surface area contributed by atoms with Gasteiger partial charge in [-0.25, -0.2) is 0 Å². The van der Waals surface area contributed by atoms with E-state index in [0.717, 1.165) is 32.7 Å². The van der Waals surface area contributed by atoms with E-state index in [-0.39, 0.29) is 0 Å². The number of nitrogens with one attached hydrogen (secondary N) is 1. The summed E-state index contributed by atoms with van der Waals surface area (Å²) in [6.07, 6.45) is 1.21. The zero-order valence-corrected chi connectivity index (χ0v) is 13.9. The predicted molar refractivity (Wildman–Crippen MR) is 89.6 cm³/mol. The molecule has 0 saturated heterocycles. The minimum atomic E-state index is 0.963. The van der Waals surface area contributed by atoms with Crippen LogP contribution in [0.4, 0.5) is 5.69 Å². The van der Waals surface area contributed by atoms with Crippen molar-refractivity contribution < 1.29 is 0 Å². The fraction of sp³-hybridized carbons (Fsp3) is 0.647. The Balaban J connectivity index is 2.67. The van der Waals surface area contributed by atoms with E-state index >= 15 is 0 Å². The van der Waals surface area contributed by atoms with Gasteiger partial charge in [-0.3, -0.25) is 0 Å². The van der Waals surface area contributed by atoms with Gasteiger partial charge in [0.1, 0.15) is 0 Å². The van der Waals surface area contributed by atoms with Crippen molar-refractivity contribution in [2.45, 2.75) is 33.7 Å². The van der Waals surface area contributed by atoms with Crippen LogP contribution >= 0.6 is 0 Å². The Morgan fingerprint density at radius 3 is 2.40 bits per heavy atom. The van der Waals surface area contributed by atoms with Gasteiger partial charge < -0.3 is 15.1 Å². The number of rotatable bonds is 9. The highest BCUT2D eigenvalue weighted by atomic mass is 15.1. The van der Waals surface area contributed by atoms with Crippen LogP contribution in [-0.4, -0.2) is 45.2 Å². The van der Waals surface area contributed by atoms with Crippen molar-refractivity contribution in [3.8, 4) is 0 Å². The molecule has 0 unspecified atom stereocenters. The fourth-order valence-electron chi connectivity index (χ4n) is 2.48. The van der Waals surface area contributed by atoms with Crippen LogP contribution in [0.25, 0.3) is 0 Å². The Bertz CT molecular complexity index is 388. The normalized spacial score (nSPS) is 11.1. The smallest absolute Gasteiger partial charge is 0.0396 e. The number of hydrogen-bond acceptors (Lipinski definition) is 3. The summed E-state index contributed by atoms with van der Waals surface area (Å²) in [6.45, 7) is 11.9. The van der Waals surface area contributed by atoms with Gasteiger partial charge in [0.15, 0.2) is 0 Å². The number of hydrogen-bond donors (Lipinski definition) is 1. The van der Waals surface area contributed by atoms with E-state index in [9.17, 15) is 0 Å². The maximum atomic E-state index is 3.38. The van der Waals surface area contributed by atoms with Crippen molar-refractivity contribution in [2.24, 2.45) is 0 Å². The molecule has 0 spiro atoms. The van der Waals surface area contributed by atoms with Crippen LogP contribution in [0.5, 0.6) is 0 Å². The van der Waals surface area contributed by atoms with E-state index in [1.54, 1.807) is 0 Å². The molecule has 3 nitrogen and oxygen atoms in total. The molecule has 0 atom stereocenters. The number of aryl methyl sites for hydroxylation is 1. The van der Waals surface area contributed by atoms with Gasteiger partial charge in [-0.1, -0.05) is 19.1 Å². The van der Waals surface area contributed by atoms with Gasteiger partial charge in [-0.15, -0.1) is 0 Å². The number of nitrogens with zero attached hydrogens (tertiary/aromatic N) is 2. The lowest BCUT2D eigenvalue weighted by Crippen LogP contribution is -2.27. The maximum absolute atomic E-state index is 3.38. The average molecular weight is 277 g/mol. The number of benzene rings is 1. The van der Waals surface area contributed by atoms with Crippen molar-refractivity contribution in [1.29, 1.82) is 0 Å². The molecule has 20 heavy (non-hydrogen) atoms. The molecular formula is C17H31N3. The van der Waals surface area contributed by atoms with Crippen LogP contribution in [0.1, 0.15) is 31.4 Å². The van der Waals surface area contributed by atoms with E-state index in [2.05, 4.69) is 68.2 Å². The quantitative estimate of drug-likeness (QED) is 0.749. The third kappa shape index (κ3) is 5.51. The standard InChI is InChI=1S/C17H31N3/c1-6-18-14-16-9-10-17(15(3)13-16)20(7-2)12-8-11-19(4)5/h9-10,13,18H,6-8,11-12,14H2,1-5H3. The van der Waals surface area contributed by atoms with Crippen LogP contribution < -0.4 is 10.2 Å². The molecule has 0 radical (unpaired) electrons. The molecule has 114 valence electrons. The van der Waals surface area contributed by atoms with Crippen LogP contribution in [0.3, 0.4) is 0 Å². The lowest BCUT2D eigenvalue weighted by molar-refractivity contribution is 0.400. The summed E-state index contributed by atoms with van der Waals surface area (Å²) in [5, 5.41) is 3.38. The average Bonchev–Trinajstić information content (AvgIpc) is 2.42. The maximum Gasteiger partial charge on any atom is 0.0396 e. The summed E-state index contributed by atoms with van der Waals surface area (Å²) >= 11 is 0. The van der Waals surface area contributed by atoms with Gasteiger partial charge in [-0.05, 0) is 64.6 Å². The first-order valence-electron chi connectivity index (χ1n) is 7.78. The lowest BCUT2D eigenvalue weighted by Gasteiger charge is -2.26. The van der Waals surface area contributed by atoms with Gasteiger partial charge >= 0.3 is 0 Å². The molecule has 0 aliphatic carbocycles. The molecule has 0 amide bonds. The van der Waals surface area contributed by atoms with Crippen molar-refractivity contribution in [3.63, 3.8) is 0 Å². The second-order valence-corrected chi connectivity index (χ2v) is 5.64. The summed E-state index contributed by atoms with van der Waals surface area (Å²) in [6, 6.07) is 6.84.